The van der Waals surface area contributed by atoms with Crippen molar-refractivity contribution in [1.29, 1.82) is 0 Å². The summed E-state index contributed by atoms with van der Waals surface area (Å²) in [6.07, 6.45) is 0.129. The van der Waals surface area contributed by atoms with Gasteiger partial charge in [0.15, 0.2) is 8.32 Å². The first-order chi connectivity index (χ1) is 9.01. The molecule has 0 aromatic carbocycles. The Kier molecular flexibility index (Phi) is 5.44. The van der Waals surface area contributed by atoms with Crippen LogP contribution >= 0.6 is 0 Å². The summed E-state index contributed by atoms with van der Waals surface area (Å²) < 4.78 is 11.9. The normalized spacial score (nSPS) is 32.1. The molecular weight excluding hydrogens is 272 g/mol. The van der Waals surface area contributed by atoms with Crippen molar-refractivity contribution in [1.82, 2.24) is 0 Å². The minimum atomic E-state index is -1.93. The molecule has 0 saturated carbocycles. The summed E-state index contributed by atoms with van der Waals surface area (Å²) in [6, 6.07) is 0. The lowest BCUT2D eigenvalue weighted by Gasteiger charge is -2.46. The van der Waals surface area contributed by atoms with Crippen molar-refractivity contribution in [2.75, 3.05) is 6.61 Å². The number of hydrogen-bond acceptors (Lipinski definition) is 4. The van der Waals surface area contributed by atoms with E-state index >= 15 is 0 Å². The minimum Gasteiger partial charge on any atom is -0.462 e. The van der Waals surface area contributed by atoms with Gasteiger partial charge in [0.05, 0.1) is 12.0 Å². The van der Waals surface area contributed by atoms with Crippen LogP contribution in [0.15, 0.2) is 0 Å². The van der Waals surface area contributed by atoms with Gasteiger partial charge in [0.2, 0.25) is 0 Å². The average molecular weight is 302 g/mol. The fraction of sp³-hybridized carbons (Fsp3) is 0.933. The smallest absolute Gasteiger partial charge is 0.311 e. The van der Waals surface area contributed by atoms with E-state index in [2.05, 4.69) is 40.8 Å². The number of hydrogen-bond donors (Lipinski definition) is 1. The van der Waals surface area contributed by atoms with Gasteiger partial charge in [-0.15, -0.1) is 0 Å². The zero-order valence-electron chi connectivity index (χ0n) is 13.9. The van der Waals surface area contributed by atoms with Crippen molar-refractivity contribution in [3.8, 4) is 0 Å². The van der Waals surface area contributed by atoms with Crippen molar-refractivity contribution in [3.63, 3.8) is 0 Å². The fourth-order valence-electron chi connectivity index (χ4n) is 2.34. The maximum Gasteiger partial charge on any atom is 0.311 e. The lowest BCUT2D eigenvalue weighted by molar-refractivity contribution is -0.177. The fourth-order valence-corrected chi connectivity index (χ4v) is 3.79. The molecule has 4 atom stereocenters. The number of cyclic esters (lactones) is 1. The van der Waals surface area contributed by atoms with E-state index in [4.69, 9.17) is 14.3 Å². The van der Waals surface area contributed by atoms with Gasteiger partial charge in [-0.05, 0) is 25.1 Å². The first kappa shape index (κ1) is 17.7. The summed E-state index contributed by atoms with van der Waals surface area (Å²) in [6.45, 7) is 15.0. The van der Waals surface area contributed by atoms with Gasteiger partial charge >= 0.3 is 5.97 Å². The molecule has 0 bridgehead atoms. The third kappa shape index (κ3) is 3.62. The molecule has 0 aliphatic carbocycles. The van der Waals surface area contributed by atoms with E-state index in [9.17, 15) is 4.79 Å². The first-order valence-corrected chi connectivity index (χ1v) is 10.4. The highest BCUT2D eigenvalue weighted by Crippen LogP contribution is 2.41. The Balaban J connectivity index is 2.92. The van der Waals surface area contributed by atoms with Gasteiger partial charge in [-0.25, -0.2) is 0 Å². The average Bonchev–Trinajstić information content (AvgIpc) is 2.30. The SMILES string of the molecule is C[C@H]1[C@@H](O[Si](C)(C)C(C)(C)C)[C@H](C)C(=O)O[C@H]1CCO. The van der Waals surface area contributed by atoms with Crippen LogP contribution in [0.2, 0.25) is 18.1 Å². The van der Waals surface area contributed by atoms with Crippen LogP contribution in [0.4, 0.5) is 0 Å². The molecule has 1 N–H and O–H groups in total. The van der Waals surface area contributed by atoms with Gasteiger partial charge in [-0.2, -0.15) is 0 Å². The zero-order valence-corrected chi connectivity index (χ0v) is 14.9. The number of aliphatic hydroxyl groups is 1. The van der Waals surface area contributed by atoms with Crippen LogP contribution in [0, 0.1) is 11.8 Å². The highest BCUT2D eigenvalue weighted by atomic mass is 28.4. The van der Waals surface area contributed by atoms with Crippen LogP contribution in [0.1, 0.15) is 41.0 Å². The molecule has 0 aromatic rings. The number of esters is 1. The molecule has 1 heterocycles. The van der Waals surface area contributed by atoms with Gasteiger partial charge in [-0.3, -0.25) is 4.79 Å². The number of carbonyl (C=O) groups is 1. The molecule has 118 valence electrons. The van der Waals surface area contributed by atoms with E-state index in [0.717, 1.165) is 0 Å². The van der Waals surface area contributed by atoms with Gasteiger partial charge in [0.25, 0.3) is 0 Å². The molecule has 0 radical (unpaired) electrons. The van der Waals surface area contributed by atoms with Crippen molar-refractivity contribution >= 4 is 14.3 Å². The molecule has 1 fully saturated rings. The summed E-state index contributed by atoms with van der Waals surface area (Å²) in [5, 5.41) is 9.22. The predicted octanol–water partition coefficient (Wildman–Crippen LogP) is 2.96. The molecule has 1 aliphatic heterocycles. The summed E-state index contributed by atoms with van der Waals surface area (Å²) in [7, 11) is -1.93. The maximum atomic E-state index is 12.0. The van der Waals surface area contributed by atoms with Crippen molar-refractivity contribution < 1.29 is 19.1 Å². The monoisotopic (exact) mass is 302 g/mol. The molecular formula is C15H30O4Si. The number of rotatable bonds is 4. The molecule has 20 heavy (non-hydrogen) atoms. The first-order valence-electron chi connectivity index (χ1n) is 7.50. The molecule has 1 aliphatic rings. The Morgan fingerprint density at radius 1 is 1.30 bits per heavy atom. The van der Waals surface area contributed by atoms with Crippen molar-refractivity contribution in [2.24, 2.45) is 11.8 Å². The van der Waals surface area contributed by atoms with Gasteiger partial charge in [0, 0.05) is 18.9 Å². The molecule has 0 spiro atoms. The molecule has 0 aromatic heterocycles. The number of aliphatic hydroxyl groups excluding tert-OH is 1. The van der Waals surface area contributed by atoms with E-state index in [1.807, 2.05) is 6.92 Å². The highest BCUT2D eigenvalue weighted by Gasteiger charge is 2.47. The van der Waals surface area contributed by atoms with Gasteiger partial charge < -0.3 is 14.3 Å². The second kappa shape index (κ2) is 6.16. The topological polar surface area (TPSA) is 55.8 Å². The summed E-state index contributed by atoms with van der Waals surface area (Å²) in [5.41, 5.74) is 0. The minimum absolute atomic E-state index is 0.0312. The Morgan fingerprint density at radius 3 is 2.30 bits per heavy atom. The van der Waals surface area contributed by atoms with Crippen LogP contribution in [0.3, 0.4) is 0 Å². The van der Waals surface area contributed by atoms with Gasteiger partial charge in [0.1, 0.15) is 6.10 Å². The summed E-state index contributed by atoms with van der Waals surface area (Å²) in [4.78, 5) is 12.0. The third-order valence-corrected chi connectivity index (χ3v) is 9.36. The van der Waals surface area contributed by atoms with E-state index < -0.39 is 8.32 Å². The van der Waals surface area contributed by atoms with Crippen LogP contribution in [-0.2, 0) is 14.0 Å². The van der Waals surface area contributed by atoms with Gasteiger partial charge in [-0.1, -0.05) is 27.7 Å². The van der Waals surface area contributed by atoms with Crippen LogP contribution in [0.25, 0.3) is 0 Å². The number of carbonyl (C=O) groups excluding carboxylic acids is 1. The maximum absolute atomic E-state index is 12.0. The van der Waals surface area contributed by atoms with E-state index in [1.54, 1.807) is 0 Å². The summed E-state index contributed by atoms with van der Waals surface area (Å²) >= 11 is 0. The quantitative estimate of drug-likeness (QED) is 0.641. The lowest BCUT2D eigenvalue weighted by atomic mass is 9.85. The van der Waals surface area contributed by atoms with Crippen molar-refractivity contribution in [3.05, 3.63) is 0 Å². The Morgan fingerprint density at radius 2 is 1.85 bits per heavy atom. The van der Waals surface area contributed by atoms with Crippen molar-refractivity contribution in [2.45, 2.75) is 71.4 Å². The lowest BCUT2D eigenvalue weighted by Crippen LogP contribution is -2.54. The second-order valence-electron chi connectivity index (χ2n) is 7.48. The predicted molar refractivity (Wildman–Crippen MR) is 82.0 cm³/mol. The largest absolute Gasteiger partial charge is 0.462 e. The molecule has 0 amide bonds. The van der Waals surface area contributed by atoms with E-state index in [1.165, 1.54) is 0 Å². The third-order valence-electron chi connectivity index (χ3n) is 4.89. The zero-order chi connectivity index (χ0) is 15.7. The Hall–Kier alpha value is -0.393. The Bertz CT molecular complexity index is 348. The molecule has 5 heteroatoms. The molecule has 1 saturated heterocycles. The second-order valence-corrected chi connectivity index (χ2v) is 12.2. The molecule has 4 nitrogen and oxygen atoms in total. The van der Waals surface area contributed by atoms with E-state index in [-0.39, 0.29) is 41.7 Å². The van der Waals surface area contributed by atoms with Crippen LogP contribution in [0.5, 0.6) is 0 Å². The Labute approximate surface area is 124 Å². The molecule has 1 rings (SSSR count). The van der Waals surface area contributed by atoms with Crippen LogP contribution in [-0.4, -0.2) is 38.2 Å². The van der Waals surface area contributed by atoms with E-state index in [0.29, 0.717) is 6.42 Å². The number of ether oxygens (including phenoxy) is 1. The summed E-state index contributed by atoms with van der Waals surface area (Å²) in [5.74, 6) is -0.330. The highest BCUT2D eigenvalue weighted by molar-refractivity contribution is 6.74. The van der Waals surface area contributed by atoms with Crippen LogP contribution < -0.4 is 0 Å². The standard InChI is InChI=1S/C15H30O4Si/c1-10-12(8-9-16)18-14(17)11(2)13(10)19-20(6,7)15(3,4)5/h10-13,16H,8-9H2,1-7H3/t10-,11+,12+,13-/m1/s1. The molecule has 0 unspecified atom stereocenters.